The van der Waals surface area contributed by atoms with Gasteiger partial charge in [-0.25, -0.2) is 4.98 Å². The number of ether oxygens (including phenoxy) is 1. The fourth-order valence-electron chi connectivity index (χ4n) is 3.80. The minimum Gasteiger partial charge on any atom is -0.372 e. The number of thiazole rings is 1. The molecule has 3 aromatic rings. The van der Waals surface area contributed by atoms with Gasteiger partial charge in [0.2, 0.25) is 0 Å². The largest absolute Gasteiger partial charge is 0.372 e. The molecule has 0 aromatic carbocycles. The van der Waals surface area contributed by atoms with E-state index in [0.717, 1.165) is 57.3 Å². The lowest BCUT2D eigenvalue weighted by Crippen LogP contribution is -2.45. The van der Waals surface area contributed by atoms with Crippen LogP contribution in [0.1, 0.15) is 46.3 Å². The Balaban J connectivity index is 1.65. The first-order chi connectivity index (χ1) is 14.8. The van der Waals surface area contributed by atoms with Crippen molar-refractivity contribution < 1.29 is 9.53 Å². The van der Waals surface area contributed by atoms with Crippen molar-refractivity contribution >= 4 is 33.9 Å². The first kappa shape index (κ1) is 21.8. The highest BCUT2D eigenvalue weighted by atomic mass is 32.1. The molecule has 31 heavy (non-hydrogen) atoms. The number of amides is 1. The summed E-state index contributed by atoms with van der Waals surface area (Å²) in [5.74, 6) is -0.177. The molecule has 1 fully saturated rings. The summed E-state index contributed by atoms with van der Waals surface area (Å²) in [5, 5.41) is 7.87. The van der Waals surface area contributed by atoms with Crippen LogP contribution in [0.5, 0.6) is 0 Å². The van der Waals surface area contributed by atoms with Gasteiger partial charge in [-0.1, -0.05) is 15.8 Å². The van der Waals surface area contributed by atoms with E-state index in [4.69, 9.17) is 9.72 Å². The van der Waals surface area contributed by atoms with E-state index in [9.17, 15) is 4.79 Å². The van der Waals surface area contributed by atoms with Gasteiger partial charge in [0.05, 0.1) is 35.0 Å². The van der Waals surface area contributed by atoms with Crippen molar-refractivity contribution in [2.24, 2.45) is 0 Å². The third-order valence-electron chi connectivity index (χ3n) is 4.99. The van der Waals surface area contributed by atoms with E-state index in [1.165, 1.54) is 0 Å². The maximum atomic E-state index is 12.6. The van der Waals surface area contributed by atoms with Gasteiger partial charge >= 0.3 is 0 Å². The molecule has 1 saturated heterocycles. The Labute approximate surface area is 189 Å². The van der Waals surface area contributed by atoms with Crippen LogP contribution in [0.4, 0.5) is 5.13 Å². The number of anilines is 1. The van der Waals surface area contributed by atoms with Gasteiger partial charge in [-0.3, -0.25) is 9.78 Å². The molecule has 2 atom stereocenters. The number of rotatable bonds is 5. The van der Waals surface area contributed by atoms with Gasteiger partial charge in [0.25, 0.3) is 5.91 Å². The van der Waals surface area contributed by atoms with Gasteiger partial charge in [-0.15, -0.1) is 5.10 Å². The lowest BCUT2D eigenvalue weighted by Gasteiger charge is -2.35. The number of hydrogen-bond donors (Lipinski definition) is 1. The van der Waals surface area contributed by atoms with Crippen LogP contribution in [0.3, 0.4) is 0 Å². The van der Waals surface area contributed by atoms with Crippen molar-refractivity contribution in [2.45, 2.75) is 53.4 Å². The first-order valence-corrected chi connectivity index (χ1v) is 11.8. The molecule has 0 unspecified atom stereocenters. The van der Waals surface area contributed by atoms with Crippen LogP contribution >= 0.6 is 22.9 Å². The Morgan fingerprint density at radius 1 is 1.16 bits per heavy atom. The van der Waals surface area contributed by atoms with Crippen molar-refractivity contribution in [1.29, 1.82) is 0 Å². The molecule has 1 N–H and O–H groups in total. The van der Waals surface area contributed by atoms with E-state index in [1.807, 2.05) is 13.8 Å². The van der Waals surface area contributed by atoms with Crippen LogP contribution < -0.4 is 10.2 Å². The summed E-state index contributed by atoms with van der Waals surface area (Å²) in [5.41, 5.74) is 4.47. The van der Waals surface area contributed by atoms with Crippen LogP contribution in [-0.2, 0) is 11.3 Å². The minimum atomic E-state index is -0.177. The second-order valence-corrected chi connectivity index (χ2v) is 9.67. The number of aromatic nitrogens is 4. The molecule has 1 aliphatic rings. The second kappa shape index (κ2) is 8.97. The average Bonchev–Trinajstić information content (AvgIpc) is 3.31. The van der Waals surface area contributed by atoms with Gasteiger partial charge in [-0.2, -0.15) is 0 Å². The Hall–Kier alpha value is -2.43. The topological polar surface area (TPSA) is 93.1 Å². The average molecular weight is 459 g/mol. The van der Waals surface area contributed by atoms with Crippen LogP contribution in [0, 0.1) is 20.8 Å². The maximum Gasteiger partial charge on any atom is 0.265 e. The predicted molar refractivity (Wildman–Crippen MR) is 123 cm³/mol. The fourth-order valence-corrected chi connectivity index (χ4v) is 5.46. The Bertz CT molecular complexity index is 1070. The number of aryl methyl sites for hydroxylation is 3. The van der Waals surface area contributed by atoms with E-state index in [-0.39, 0.29) is 18.1 Å². The molecule has 1 aliphatic heterocycles. The molecule has 0 bridgehead atoms. The summed E-state index contributed by atoms with van der Waals surface area (Å²) in [4.78, 5) is 25.9. The van der Waals surface area contributed by atoms with Gasteiger partial charge in [0.15, 0.2) is 5.13 Å². The molecule has 0 spiro atoms. The molecular weight excluding hydrogens is 432 g/mol. The summed E-state index contributed by atoms with van der Waals surface area (Å²) in [6, 6.07) is 4.13. The molecule has 8 nitrogen and oxygen atoms in total. The third-order valence-corrected chi connectivity index (χ3v) is 7.03. The zero-order valence-corrected chi connectivity index (χ0v) is 19.9. The molecule has 10 heteroatoms. The number of hydrogen-bond acceptors (Lipinski definition) is 9. The van der Waals surface area contributed by atoms with E-state index in [0.29, 0.717) is 17.1 Å². The zero-order valence-electron chi connectivity index (χ0n) is 18.3. The summed E-state index contributed by atoms with van der Waals surface area (Å²) >= 11 is 2.76. The van der Waals surface area contributed by atoms with Crippen molar-refractivity contribution in [1.82, 2.24) is 24.9 Å². The molecular formula is C21H26N6O2S2. The summed E-state index contributed by atoms with van der Waals surface area (Å²) < 4.78 is 9.74. The molecule has 0 radical (unpaired) electrons. The van der Waals surface area contributed by atoms with Crippen LogP contribution in [0.25, 0.3) is 10.4 Å². The minimum absolute atomic E-state index is 0.145. The lowest BCUT2D eigenvalue weighted by atomic mass is 10.1. The molecule has 0 aliphatic carbocycles. The first-order valence-electron chi connectivity index (χ1n) is 10.2. The second-order valence-electron chi connectivity index (χ2n) is 7.94. The van der Waals surface area contributed by atoms with E-state index in [1.54, 1.807) is 18.3 Å². The maximum absolute atomic E-state index is 12.6. The van der Waals surface area contributed by atoms with Crippen molar-refractivity contribution in [3.63, 3.8) is 0 Å². The Kier molecular flexibility index (Phi) is 6.31. The SMILES string of the molecule is Cc1cc(-c2sc(N3C[C@@H](C)O[C@@H](C)C3)nc2CNC(=O)c2snnc2C)cc(C)n1. The van der Waals surface area contributed by atoms with Crippen LogP contribution in [0.2, 0.25) is 0 Å². The molecule has 4 heterocycles. The van der Waals surface area contributed by atoms with Gasteiger partial charge in [-0.05, 0) is 63.8 Å². The van der Waals surface area contributed by atoms with Gasteiger partial charge in [0, 0.05) is 24.5 Å². The number of morpholine rings is 1. The van der Waals surface area contributed by atoms with Crippen molar-refractivity contribution in [2.75, 3.05) is 18.0 Å². The van der Waals surface area contributed by atoms with Crippen LogP contribution in [0.15, 0.2) is 12.1 Å². The molecule has 1 amide bonds. The fraction of sp³-hybridized carbons (Fsp3) is 0.476. The normalized spacial score (nSPS) is 18.9. The number of nitrogens with one attached hydrogen (secondary N) is 1. The zero-order chi connectivity index (χ0) is 22.1. The predicted octanol–water partition coefficient (Wildman–Crippen LogP) is 3.53. The van der Waals surface area contributed by atoms with Crippen molar-refractivity contribution in [3.05, 3.63) is 39.8 Å². The van der Waals surface area contributed by atoms with E-state index in [2.05, 4.69) is 50.8 Å². The molecule has 4 rings (SSSR count). The van der Waals surface area contributed by atoms with Crippen LogP contribution in [-0.4, -0.2) is 50.8 Å². The quantitative estimate of drug-likeness (QED) is 0.625. The number of pyridine rings is 1. The monoisotopic (exact) mass is 458 g/mol. The highest BCUT2D eigenvalue weighted by Gasteiger charge is 2.26. The highest BCUT2D eigenvalue weighted by Crippen LogP contribution is 2.36. The Morgan fingerprint density at radius 2 is 1.84 bits per heavy atom. The summed E-state index contributed by atoms with van der Waals surface area (Å²) in [6.07, 6.45) is 0.290. The number of carbonyl (C=O) groups is 1. The molecule has 164 valence electrons. The number of nitrogens with zero attached hydrogens (tertiary/aromatic N) is 5. The van der Waals surface area contributed by atoms with Gasteiger partial charge < -0.3 is 15.0 Å². The highest BCUT2D eigenvalue weighted by molar-refractivity contribution is 7.19. The van der Waals surface area contributed by atoms with Crippen molar-refractivity contribution in [3.8, 4) is 10.4 Å². The standard InChI is InChI=1S/C21H26N6O2S2/c1-11-6-16(7-12(2)23-11)19-17(8-22-20(28)18-15(5)25-26-31-18)24-21(30-19)27-9-13(3)29-14(4)10-27/h6-7,13-14H,8-10H2,1-5H3,(H,22,28)/t13-,14+. The summed E-state index contributed by atoms with van der Waals surface area (Å²) in [7, 11) is 0. The third kappa shape index (κ3) is 4.91. The van der Waals surface area contributed by atoms with E-state index >= 15 is 0 Å². The Morgan fingerprint density at radius 3 is 2.45 bits per heavy atom. The molecule has 3 aromatic heterocycles. The lowest BCUT2D eigenvalue weighted by molar-refractivity contribution is -0.00523. The molecule has 0 saturated carbocycles. The van der Waals surface area contributed by atoms with E-state index < -0.39 is 0 Å². The number of carbonyl (C=O) groups excluding carboxylic acids is 1. The summed E-state index contributed by atoms with van der Waals surface area (Å²) in [6.45, 7) is 11.9. The smallest absolute Gasteiger partial charge is 0.265 e. The van der Waals surface area contributed by atoms with Gasteiger partial charge in [0.1, 0.15) is 4.88 Å².